The Hall–Kier alpha value is -3.01. The summed E-state index contributed by atoms with van der Waals surface area (Å²) in [7, 11) is 3.33. The third-order valence-electron chi connectivity index (χ3n) is 5.01. The molecule has 4 nitrogen and oxygen atoms in total. The van der Waals surface area contributed by atoms with Gasteiger partial charge in [-0.05, 0) is 40.6 Å². The van der Waals surface area contributed by atoms with Crippen LogP contribution in [0.1, 0.15) is 5.56 Å². The minimum absolute atomic E-state index is 0.738. The molecule has 0 radical (unpaired) electrons. The number of benzene rings is 2. The minimum Gasteiger partial charge on any atom is -0.493 e. The maximum Gasteiger partial charge on any atom is 0.219 e. The summed E-state index contributed by atoms with van der Waals surface area (Å²) in [6, 6.07) is 12.8. The van der Waals surface area contributed by atoms with E-state index in [2.05, 4.69) is 47.1 Å². The van der Waals surface area contributed by atoms with Crippen molar-refractivity contribution in [1.82, 2.24) is 0 Å². The Bertz CT molecular complexity index is 1150. The van der Waals surface area contributed by atoms with Crippen molar-refractivity contribution >= 4 is 27.1 Å². The van der Waals surface area contributed by atoms with E-state index < -0.39 is 0 Å². The highest BCUT2D eigenvalue weighted by molar-refractivity contribution is 6.00. The van der Waals surface area contributed by atoms with Gasteiger partial charge in [0.1, 0.15) is 5.75 Å². The fourth-order valence-corrected chi connectivity index (χ4v) is 3.76. The number of pyridine rings is 2. The van der Waals surface area contributed by atoms with E-state index in [1.165, 1.54) is 16.3 Å². The highest BCUT2D eigenvalue weighted by Crippen LogP contribution is 2.36. The maximum absolute atomic E-state index is 5.76. The second-order valence-corrected chi connectivity index (χ2v) is 6.33. The van der Waals surface area contributed by atoms with E-state index >= 15 is 0 Å². The molecule has 25 heavy (non-hydrogen) atoms. The molecule has 0 N–H and O–H groups in total. The molecule has 5 rings (SSSR count). The number of ether oxygens (including phenoxy) is 3. The Kier molecular flexibility index (Phi) is 3.01. The summed E-state index contributed by atoms with van der Waals surface area (Å²) >= 11 is 0. The van der Waals surface area contributed by atoms with Gasteiger partial charge in [-0.2, -0.15) is 4.40 Å². The SMILES string of the molecule is COc1ccc2cc3c4cc5c(cc4cc[n+]3cc2c1OC)CCO5. The predicted molar refractivity (Wildman–Crippen MR) is 96.9 cm³/mol. The lowest BCUT2D eigenvalue weighted by Gasteiger charge is -2.10. The quantitative estimate of drug-likeness (QED) is 0.319. The van der Waals surface area contributed by atoms with Crippen LogP contribution in [0.3, 0.4) is 0 Å². The smallest absolute Gasteiger partial charge is 0.219 e. The van der Waals surface area contributed by atoms with Gasteiger partial charge >= 0.3 is 0 Å². The molecule has 0 atom stereocenters. The van der Waals surface area contributed by atoms with Crippen molar-refractivity contribution in [2.45, 2.75) is 6.42 Å². The predicted octanol–water partition coefficient (Wildman–Crippen LogP) is 3.68. The topological polar surface area (TPSA) is 31.8 Å². The Balaban J connectivity index is 1.88. The molecule has 0 unspecified atom stereocenters. The average Bonchev–Trinajstić information content (AvgIpc) is 3.11. The van der Waals surface area contributed by atoms with Crippen molar-refractivity contribution in [3.8, 4) is 17.2 Å². The fraction of sp³-hybridized carbons (Fsp3) is 0.190. The summed E-state index contributed by atoms with van der Waals surface area (Å²) in [6.45, 7) is 0.774. The van der Waals surface area contributed by atoms with Gasteiger partial charge in [0.05, 0.1) is 31.6 Å². The highest BCUT2D eigenvalue weighted by Gasteiger charge is 2.19. The number of methoxy groups -OCH3 is 2. The Morgan fingerprint density at radius 2 is 1.84 bits per heavy atom. The van der Waals surface area contributed by atoms with Crippen LogP contribution in [0.4, 0.5) is 0 Å². The first kappa shape index (κ1) is 14.3. The third-order valence-corrected chi connectivity index (χ3v) is 5.01. The molecular formula is C21H18NO3+. The largest absolute Gasteiger partial charge is 0.493 e. The first-order valence-electron chi connectivity index (χ1n) is 8.36. The summed E-state index contributed by atoms with van der Waals surface area (Å²) in [5, 5.41) is 4.58. The zero-order valence-electron chi connectivity index (χ0n) is 14.2. The van der Waals surface area contributed by atoms with Crippen LogP contribution in [0.25, 0.3) is 27.1 Å². The third kappa shape index (κ3) is 2.03. The van der Waals surface area contributed by atoms with Crippen LogP contribution in [0.5, 0.6) is 17.2 Å². The summed E-state index contributed by atoms with van der Waals surface area (Å²) in [4.78, 5) is 0. The molecule has 0 saturated carbocycles. The monoisotopic (exact) mass is 332 g/mol. The van der Waals surface area contributed by atoms with Crippen LogP contribution >= 0.6 is 0 Å². The van der Waals surface area contributed by atoms with Crippen molar-refractivity contribution in [1.29, 1.82) is 0 Å². The van der Waals surface area contributed by atoms with E-state index in [-0.39, 0.29) is 0 Å². The summed E-state index contributed by atoms with van der Waals surface area (Å²) in [6.07, 6.45) is 5.18. The van der Waals surface area contributed by atoms with E-state index in [9.17, 15) is 0 Å². The Labute approximate surface area is 145 Å². The number of hydrogen-bond acceptors (Lipinski definition) is 3. The molecule has 2 aromatic carbocycles. The molecule has 0 spiro atoms. The van der Waals surface area contributed by atoms with Gasteiger partial charge in [0.25, 0.3) is 0 Å². The fourth-order valence-electron chi connectivity index (χ4n) is 3.76. The van der Waals surface area contributed by atoms with E-state index in [1.54, 1.807) is 14.2 Å². The molecule has 0 fully saturated rings. The first-order valence-corrected chi connectivity index (χ1v) is 8.36. The highest BCUT2D eigenvalue weighted by atomic mass is 16.5. The van der Waals surface area contributed by atoms with Crippen molar-refractivity contribution in [2.75, 3.05) is 20.8 Å². The van der Waals surface area contributed by atoms with Gasteiger partial charge in [0.2, 0.25) is 5.52 Å². The van der Waals surface area contributed by atoms with Crippen molar-refractivity contribution in [3.63, 3.8) is 0 Å². The number of fused-ring (bicyclic) bond motifs is 5. The second kappa shape index (κ2) is 5.24. The molecule has 2 aromatic heterocycles. The lowest BCUT2D eigenvalue weighted by atomic mass is 10.0. The molecule has 3 heterocycles. The van der Waals surface area contributed by atoms with E-state index in [1.807, 2.05) is 6.07 Å². The maximum atomic E-state index is 5.76. The van der Waals surface area contributed by atoms with Gasteiger partial charge in [-0.15, -0.1) is 0 Å². The van der Waals surface area contributed by atoms with Gasteiger partial charge in [-0.25, -0.2) is 0 Å². The van der Waals surface area contributed by atoms with Gasteiger partial charge in [0, 0.05) is 18.6 Å². The van der Waals surface area contributed by atoms with Gasteiger partial charge in [-0.1, -0.05) is 0 Å². The zero-order chi connectivity index (χ0) is 17.0. The van der Waals surface area contributed by atoms with Crippen LogP contribution in [0.2, 0.25) is 0 Å². The molecule has 0 bridgehead atoms. The number of nitrogens with zero attached hydrogens (tertiary/aromatic N) is 1. The Morgan fingerprint density at radius 1 is 0.960 bits per heavy atom. The summed E-state index contributed by atoms with van der Waals surface area (Å²) in [5.41, 5.74) is 2.44. The second-order valence-electron chi connectivity index (χ2n) is 6.33. The number of aromatic nitrogens is 1. The molecule has 1 aliphatic rings. The van der Waals surface area contributed by atoms with Crippen LogP contribution < -0.4 is 18.6 Å². The van der Waals surface area contributed by atoms with Crippen LogP contribution in [0.15, 0.2) is 48.8 Å². The molecule has 4 heteroatoms. The van der Waals surface area contributed by atoms with Gasteiger partial charge in [-0.3, -0.25) is 0 Å². The molecule has 0 amide bonds. The molecule has 0 aliphatic carbocycles. The molecule has 124 valence electrons. The molecule has 0 saturated heterocycles. The molecular weight excluding hydrogens is 314 g/mol. The van der Waals surface area contributed by atoms with E-state index in [0.29, 0.717) is 0 Å². The average molecular weight is 332 g/mol. The van der Waals surface area contributed by atoms with Crippen molar-refractivity contribution in [2.24, 2.45) is 0 Å². The molecule has 4 aromatic rings. The van der Waals surface area contributed by atoms with Crippen LogP contribution in [0, 0.1) is 0 Å². The van der Waals surface area contributed by atoms with Gasteiger partial charge < -0.3 is 14.2 Å². The number of hydrogen-bond donors (Lipinski definition) is 0. The van der Waals surface area contributed by atoms with Crippen LogP contribution in [-0.2, 0) is 6.42 Å². The van der Waals surface area contributed by atoms with Crippen molar-refractivity contribution in [3.05, 3.63) is 54.4 Å². The lowest BCUT2D eigenvalue weighted by molar-refractivity contribution is -0.509. The lowest BCUT2D eigenvalue weighted by Crippen LogP contribution is -2.20. The minimum atomic E-state index is 0.738. The van der Waals surface area contributed by atoms with E-state index in [0.717, 1.165) is 46.6 Å². The summed E-state index contributed by atoms with van der Waals surface area (Å²) < 4.78 is 18.9. The van der Waals surface area contributed by atoms with Gasteiger partial charge in [0.15, 0.2) is 23.9 Å². The van der Waals surface area contributed by atoms with E-state index in [4.69, 9.17) is 14.2 Å². The van der Waals surface area contributed by atoms with Crippen LogP contribution in [-0.4, -0.2) is 20.8 Å². The summed E-state index contributed by atoms with van der Waals surface area (Å²) in [5.74, 6) is 2.50. The standard InChI is InChI=1S/C21H18NO3/c1-23-19-4-3-13-10-18-16-11-20-15(6-8-25-20)9-14(16)5-7-22(18)12-17(13)21(19)24-2/h3-5,7,9-12H,6,8H2,1-2H3/q+1. The normalized spacial score (nSPS) is 13.2. The Morgan fingerprint density at radius 3 is 2.68 bits per heavy atom. The van der Waals surface area contributed by atoms with Crippen molar-refractivity contribution < 1.29 is 18.6 Å². The zero-order valence-corrected chi connectivity index (χ0v) is 14.2. The first-order chi connectivity index (χ1) is 12.3. The number of rotatable bonds is 2. The molecule has 1 aliphatic heterocycles.